The van der Waals surface area contributed by atoms with E-state index in [-0.39, 0.29) is 30.1 Å². The van der Waals surface area contributed by atoms with Gasteiger partial charge in [0.1, 0.15) is 12.4 Å². The predicted octanol–water partition coefficient (Wildman–Crippen LogP) is 5.08. The molecule has 0 spiro atoms. The highest BCUT2D eigenvalue weighted by Crippen LogP contribution is 2.33. The van der Waals surface area contributed by atoms with E-state index in [9.17, 15) is 0 Å². The van der Waals surface area contributed by atoms with Gasteiger partial charge in [0.15, 0.2) is 5.96 Å². The minimum atomic E-state index is 0. The lowest BCUT2D eigenvalue weighted by atomic mass is 9.89. The van der Waals surface area contributed by atoms with E-state index in [1.54, 1.807) is 0 Å². The van der Waals surface area contributed by atoms with Crippen molar-refractivity contribution in [2.45, 2.75) is 45.9 Å². The zero-order valence-corrected chi connectivity index (χ0v) is 22.4. The summed E-state index contributed by atoms with van der Waals surface area (Å²) in [5.41, 5.74) is 3.79. The van der Waals surface area contributed by atoms with Crippen LogP contribution in [0, 0.1) is 12.8 Å². The number of aliphatic imine (C=N–C) groups is 1. The van der Waals surface area contributed by atoms with Crippen molar-refractivity contribution in [3.05, 3.63) is 89.5 Å². The van der Waals surface area contributed by atoms with Gasteiger partial charge in [-0.1, -0.05) is 60.2 Å². The summed E-state index contributed by atoms with van der Waals surface area (Å²) in [5.74, 6) is 2.18. The largest absolute Gasteiger partial charge is 0.373 e. The van der Waals surface area contributed by atoms with Gasteiger partial charge < -0.3 is 19.9 Å². The van der Waals surface area contributed by atoms with Crippen LogP contribution in [0.3, 0.4) is 0 Å². The summed E-state index contributed by atoms with van der Waals surface area (Å²) < 4.78 is 8.34. The first-order valence-electron chi connectivity index (χ1n) is 12.0. The standard InChI is InChI=1S/C27H35N5O.HI/c1-3-28-27(31-19-25-29-15-16-32(25)20-22-8-5-4-6-9-22)30-18-24-10-7-17-33-26(24)23-13-11-21(2)12-14-23;/h4-6,8-9,11-16,24,26H,3,7,10,17-20H2,1-2H3,(H2,28,30,31);1H. The number of ether oxygens (including phenoxy) is 1. The van der Waals surface area contributed by atoms with Crippen molar-refractivity contribution in [2.24, 2.45) is 10.9 Å². The molecule has 1 fully saturated rings. The molecule has 2 atom stereocenters. The van der Waals surface area contributed by atoms with Gasteiger partial charge in [0, 0.05) is 44.6 Å². The van der Waals surface area contributed by atoms with Crippen LogP contribution < -0.4 is 10.6 Å². The van der Waals surface area contributed by atoms with Gasteiger partial charge in [0.2, 0.25) is 0 Å². The minimum absolute atomic E-state index is 0. The summed E-state index contributed by atoms with van der Waals surface area (Å²) >= 11 is 0. The fourth-order valence-corrected chi connectivity index (χ4v) is 4.31. The zero-order chi connectivity index (χ0) is 22.9. The van der Waals surface area contributed by atoms with Crippen LogP contribution in [0.5, 0.6) is 0 Å². The number of halogens is 1. The summed E-state index contributed by atoms with van der Waals surface area (Å²) in [7, 11) is 0. The summed E-state index contributed by atoms with van der Waals surface area (Å²) in [6.45, 7) is 8.00. The molecule has 0 bridgehead atoms. The van der Waals surface area contributed by atoms with E-state index >= 15 is 0 Å². The molecule has 0 radical (unpaired) electrons. The van der Waals surface area contributed by atoms with Crippen LogP contribution in [-0.2, 0) is 17.8 Å². The highest BCUT2D eigenvalue weighted by molar-refractivity contribution is 14.0. The van der Waals surface area contributed by atoms with Crippen LogP contribution in [0.2, 0.25) is 0 Å². The zero-order valence-electron chi connectivity index (χ0n) is 20.1. The Balaban J connectivity index is 0.00000324. The number of nitrogens with zero attached hydrogens (tertiary/aromatic N) is 3. The minimum Gasteiger partial charge on any atom is -0.373 e. The van der Waals surface area contributed by atoms with Crippen LogP contribution in [0.25, 0.3) is 0 Å². The van der Waals surface area contributed by atoms with E-state index in [1.165, 1.54) is 16.7 Å². The molecule has 7 heteroatoms. The van der Waals surface area contributed by atoms with E-state index in [1.807, 2.05) is 18.5 Å². The average Bonchev–Trinajstić information content (AvgIpc) is 3.29. The molecule has 6 nitrogen and oxygen atoms in total. The lowest BCUT2D eigenvalue weighted by molar-refractivity contribution is -0.0265. The van der Waals surface area contributed by atoms with E-state index in [0.717, 1.165) is 50.9 Å². The number of guanidine groups is 1. The predicted molar refractivity (Wildman–Crippen MR) is 149 cm³/mol. The van der Waals surface area contributed by atoms with E-state index in [4.69, 9.17) is 9.73 Å². The second-order valence-electron chi connectivity index (χ2n) is 8.64. The van der Waals surface area contributed by atoms with Crippen molar-refractivity contribution in [1.82, 2.24) is 20.2 Å². The molecule has 1 aromatic heterocycles. The highest BCUT2D eigenvalue weighted by atomic mass is 127. The molecule has 182 valence electrons. The maximum absolute atomic E-state index is 6.19. The molecule has 0 aliphatic carbocycles. The topological polar surface area (TPSA) is 63.5 Å². The molecular formula is C27H36IN5O. The Morgan fingerprint density at radius 2 is 1.91 bits per heavy atom. The molecule has 4 rings (SSSR count). The number of benzene rings is 2. The van der Waals surface area contributed by atoms with E-state index in [2.05, 4.69) is 82.6 Å². The van der Waals surface area contributed by atoms with Crippen LogP contribution in [0.4, 0.5) is 0 Å². The lowest BCUT2D eigenvalue weighted by Gasteiger charge is -2.32. The van der Waals surface area contributed by atoms with Gasteiger partial charge in [-0.15, -0.1) is 24.0 Å². The fraction of sp³-hybridized carbons (Fsp3) is 0.407. The second-order valence-corrected chi connectivity index (χ2v) is 8.64. The number of hydrogen-bond acceptors (Lipinski definition) is 3. The van der Waals surface area contributed by atoms with Crippen molar-refractivity contribution in [3.63, 3.8) is 0 Å². The van der Waals surface area contributed by atoms with Gasteiger partial charge in [0.25, 0.3) is 0 Å². The Morgan fingerprint density at radius 1 is 1.12 bits per heavy atom. The molecule has 2 aromatic carbocycles. The Kier molecular flexibility index (Phi) is 10.4. The number of aryl methyl sites for hydroxylation is 1. The summed E-state index contributed by atoms with van der Waals surface area (Å²) in [6, 6.07) is 19.2. The Labute approximate surface area is 220 Å². The second kappa shape index (κ2) is 13.5. The van der Waals surface area contributed by atoms with Gasteiger partial charge in [-0.25, -0.2) is 9.98 Å². The first kappa shape index (κ1) is 26.2. The summed E-state index contributed by atoms with van der Waals surface area (Å²) in [5, 5.41) is 6.93. The van der Waals surface area contributed by atoms with Crippen LogP contribution in [0.1, 0.15) is 48.4 Å². The number of hydrogen-bond donors (Lipinski definition) is 2. The highest BCUT2D eigenvalue weighted by Gasteiger charge is 2.27. The number of imidazole rings is 1. The third-order valence-electron chi connectivity index (χ3n) is 6.10. The number of nitrogens with one attached hydrogen (secondary N) is 2. The first-order valence-corrected chi connectivity index (χ1v) is 12.0. The maximum Gasteiger partial charge on any atom is 0.191 e. The van der Waals surface area contributed by atoms with Gasteiger partial charge in [-0.3, -0.25) is 0 Å². The van der Waals surface area contributed by atoms with Crippen molar-refractivity contribution in [3.8, 4) is 0 Å². The number of rotatable bonds is 8. The molecule has 2 N–H and O–H groups in total. The molecule has 2 heterocycles. The van der Waals surface area contributed by atoms with Crippen LogP contribution >= 0.6 is 24.0 Å². The molecular weight excluding hydrogens is 537 g/mol. The average molecular weight is 574 g/mol. The molecule has 2 unspecified atom stereocenters. The molecule has 3 aromatic rings. The van der Waals surface area contributed by atoms with Crippen molar-refractivity contribution >= 4 is 29.9 Å². The monoisotopic (exact) mass is 573 g/mol. The maximum atomic E-state index is 6.19. The van der Waals surface area contributed by atoms with Crippen molar-refractivity contribution in [2.75, 3.05) is 19.7 Å². The van der Waals surface area contributed by atoms with E-state index in [0.29, 0.717) is 12.5 Å². The van der Waals surface area contributed by atoms with Gasteiger partial charge in [0.05, 0.1) is 6.10 Å². The molecule has 34 heavy (non-hydrogen) atoms. The smallest absolute Gasteiger partial charge is 0.191 e. The molecule has 0 amide bonds. The van der Waals surface area contributed by atoms with Crippen molar-refractivity contribution in [1.29, 1.82) is 0 Å². The van der Waals surface area contributed by atoms with Gasteiger partial charge in [-0.05, 0) is 37.8 Å². The summed E-state index contributed by atoms with van der Waals surface area (Å²) in [4.78, 5) is 9.36. The third-order valence-corrected chi connectivity index (χ3v) is 6.10. The normalized spacial score (nSPS) is 18.2. The molecule has 1 aliphatic rings. The molecule has 1 aliphatic heterocycles. The molecule has 1 saturated heterocycles. The first-order chi connectivity index (χ1) is 16.2. The number of aromatic nitrogens is 2. The Bertz CT molecular complexity index is 1020. The SMILES string of the molecule is CCNC(=NCc1nccn1Cc1ccccc1)NCC1CCCOC1c1ccc(C)cc1.I. The van der Waals surface area contributed by atoms with Crippen molar-refractivity contribution < 1.29 is 4.74 Å². The van der Waals surface area contributed by atoms with Crippen LogP contribution in [0.15, 0.2) is 72.0 Å². The Hall–Kier alpha value is -2.39. The van der Waals surface area contributed by atoms with Crippen LogP contribution in [-0.4, -0.2) is 35.2 Å². The lowest BCUT2D eigenvalue weighted by Crippen LogP contribution is -2.42. The van der Waals surface area contributed by atoms with Gasteiger partial charge in [-0.2, -0.15) is 0 Å². The quantitative estimate of drug-likeness (QED) is 0.224. The van der Waals surface area contributed by atoms with E-state index < -0.39 is 0 Å². The molecule has 0 saturated carbocycles. The Morgan fingerprint density at radius 3 is 2.68 bits per heavy atom. The third kappa shape index (κ3) is 7.30. The van der Waals surface area contributed by atoms with Gasteiger partial charge >= 0.3 is 0 Å². The fourth-order valence-electron chi connectivity index (χ4n) is 4.31. The summed E-state index contributed by atoms with van der Waals surface area (Å²) in [6.07, 6.45) is 6.23.